The van der Waals surface area contributed by atoms with Crippen molar-refractivity contribution < 1.29 is 4.74 Å². The monoisotopic (exact) mass is 352 g/mol. The summed E-state index contributed by atoms with van der Waals surface area (Å²) in [6, 6.07) is 6.65. The van der Waals surface area contributed by atoms with Crippen molar-refractivity contribution in [2.45, 2.75) is 25.3 Å². The number of nitrogens with two attached hydrogens (primary N) is 1. The third kappa shape index (κ3) is 3.06. The van der Waals surface area contributed by atoms with Gasteiger partial charge in [0.15, 0.2) is 0 Å². The highest BCUT2D eigenvalue weighted by Gasteiger charge is 2.20. The summed E-state index contributed by atoms with van der Waals surface area (Å²) in [6.07, 6.45) is 2.79. The van der Waals surface area contributed by atoms with Crippen molar-refractivity contribution in [3.05, 3.63) is 50.1 Å². The Morgan fingerprint density at radius 1 is 1.40 bits per heavy atom. The number of hydrogen-bond acceptors (Lipinski definition) is 4. The maximum absolute atomic E-state index is 5.78. The minimum Gasteiger partial charge on any atom is -0.493 e. The molecule has 0 saturated carbocycles. The van der Waals surface area contributed by atoms with E-state index in [4.69, 9.17) is 10.6 Å². The first-order chi connectivity index (χ1) is 9.76. The van der Waals surface area contributed by atoms with E-state index < -0.39 is 0 Å². The van der Waals surface area contributed by atoms with Gasteiger partial charge in [-0.05, 0) is 58.5 Å². The Morgan fingerprint density at radius 2 is 2.30 bits per heavy atom. The lowest BCUT2D eigenvalue weighted by molar-refractivity contribution is 0.351. The summed E-state index contributed by atoms with van der Waals surface area (Å²) in [4.78, 5) is 0. The molecular weight excluding hydrogens is 336 g/mol. The molecule has 5 heteroatoms. The maximum Gasteiger partial charge on any atom is 0.125 e. The van der Waals surface area contributed by atoms with E-state index in [1.54, 1.807) is 11.3 Å². The number of hydrazine groups is 1. The van der Waals surface area contributed by atoms with E-state index >= 15 is 0 Å². The van der Waals surface area contributed by atoms with E-state index in [1.807, 2.05) is 0 Å². The van der Waals surface area contributed by atoms with Crippen molar-refractivity contribution in [2.75, 3.05) is 6.61 Å². The van der Waals surface area contributed by atoms with Gasteiger partial charge in [-0.25, -0.2) is 0 Å². The zero-order chi connectivity index (χ0) is 13.9. The van der Waals surface area contributed by atoms with Gasteiger partial charge >= 0.3 is 0 Å². The molecule has 0 fully saturated rings. The fourth-order valence-electron chi connectivity index (χ4n) is 2.65. The highest BCUT2D eigenvalue weighted by Crippen LogP contribution is 2.33. The molecule has 0 radical (unpaired) electrons. The summed E-state index contributed by atoms with van der Waals surface area (Å²) in [6.45, 7) is 0.782. The average molecular weight is 353 g/mol. The summed E-state index contributed by atoms with van der Waals surface area (Å²) in [5.41, 5.74) is 6.78. The molecule has 0 amide bonds. The van der Waals surface area contributed by atoms with E-state index in [-0.39, 0.29) is 6.04 Å². The first-order valence-corrected chi connectivity index (χ1v) is 8.41. The smallest absolute Gasteiger partial charge is 0.125 e. The van der Waals surface area contributed by atoms with Gasteiger partial charge in [0.05, 0.1) is 6.61 Å². The van der Waals surface area contributed by atoms with Crippen LogP contribution in [0.4, 0.5) is 0 Å². The molecule has 0 saturated heterocycles. The molecule has 1 atom stereocenters. The van der Waals surface area contributed by atoms with Gasteiger partial charge in [-0.15, -0.1) is 0 Å². The molecule has 20 heavy (non-hydrogen) atoms. The van der Waals surface area contributed by atoms with E-state index in [1.165, 1.54) is 16.7 Å². The Hall–Kier alpha value is -0.880. The summed E-state index contributed by atoms with van der Waals surface area (Å²) in [7, 11) is 0. The molecule has 1 unspecified atom stereocenters. The van der Waals surface area contributed by atoms with Crippen LogP contribution in [-0.4, -0.2) is 12.6 Å². The van der Waals surface area contributed by atoms with Crippen LogP contribution in [-0.2, 0) is 19.3 Å². The van der Waals surface area contributed by atoms with Crippen molar-refractivity contribution >= 4 is 27.3 Å². The van der Waals surface area contributed by atoms with Crippen molar-refractivity contribution in [1.29, 1.82) is 0 Å². The van der Waals surface area contributed by atoms with Gasteiger partial charge in [-0.2, -0.15) is 11.3 Å². The SMILES string of the molecule is NNC(Cc1ccsc1)Cc1cc(Br)cc2c1OCC2. The standard InChI is InChI=1S/C15H17BrN2OS/c16-13-6-11-1-3-19-15(11)12(7-13)8-14(18-17)5-10-2-4-20-9-10/h2,4,6-7,9,14,18H,1,3,5,8,17H2. The molecule has 1 aromatic carbocycles. The van der Waals surface area contributed by atoms with Crippen molar-refractivity contribution in [2.24, 2.45) is 5.84 Å². The zero-order valence-electron chi connectivity index (χ0n) is 11.1. The molecule has 1 aromatic heterocycles. The van der Waals surface area contributed by atoms with Gasteiger partial charge in [-0.1, -0.05) is 15.9 Å². The summed E-state index contributed by atoms with van der Waals surface area (Å²) < 4.78 is 6.89. The summed E-state index contributed by atoms with van der Waals surface area (Å²) in [5, 5.41) is 4.27. The van der Waals surface area contributed by atoms with Crippen LogP contribution in [0.3, 0.4) is 0 Å². The third-order valence-corrected chi connectivity index (χ3v) is 4.78. The van der Waals surface area contributed by atoms with Crippen LogP contribution in [0.25, 0.3) is 0 Å². The largest absolute Gasteiger partial charge is 0.493 e. The molecular formula is C15H17BrN2OS. The summed E-state index contributed by atoms with van der Waals surface area (Å²) in [5.74, 6) is 6.78. The third-order valence-electron chi connectivity index (χ3n) is 3.59. The topological polar surface area (TPSA) is 47.3 Å². The highest BCUT2D eigenvalue weighted by atomic mass is 79.9. The lowest BCUT2D eigenvalue weighted by atomic mass is 9.98. The minimum atomic E-state index is 0.215. The average Bonchev–Trinajstić information content (AvgIpc) is 3.08. The van der Waals surface area contributed by atoms with Gasteiger partial charge in [-0.3, -0.25) is 11.3 Å². The first-order valence-electron chi connectivity index (χ1n) is 6.67. The Morgan fingerprint density at radius 3 is 3.05 bits per heavy atom. The fraction of sp³-hybridized carbons (Fsp3) is 0.333. The Bertz CT molecular complexity index is 586. The zero-order valence-corrected chi connectivity index (χ0v) is 13.5. The lowest BCUT2D eigenvalue weighted by Gasteiger charge is -2.17. The lowest BCUT2D eigenvalue weighted by Crippen LogP contribution is -2.38. The van der Waals surface area contributed by atoms with Crippen LogP contribution < -0.4 is 16.0 Å². The van der Waals surface area contributed by atoms with Crippen LogP contribution in [0.5, 0.6) is 5.75 Å². The molecule has 3 N–H and O–H groups in total. The predicted octanol–water partition coefficient (Wildman–Crippen LogP) is 3.06. The second-order valence-electron chi connectivity index (χ2n) is 5.06. The molecule has 0 aliphatic carbocycles. The number of thiophene rings is 1. The number of benzene rings is 1. The minimum absolute atomic E-state index is 0.215. The number of halogens is 1. The van der Waals surface area contributed by atoms with Gasteiger partial charge in [0, 0.05) is 16.9 Å². The van der Waals surface area contributed by atoms with Crippen LogP contribution in [0, 0.1) is 0 Å². The molecule has 2 heterocycles. The molecule has 1 aliphatic heterocycles. The Kier molecular flexibility index (Phi) is 4.41. The normalized spacial score (nSPS) is 14.9. The summed E-state index contributed by atoms with van der Waals surface area (Å²) >= 11 is 5.30. The number of nitrogens with one attached hydrogen (secondary N) is 1. The van der Waals surface area contributed by atoms with Crippen LogP contribution in [0.15, 0.2) is 33.4 Å². The van der Waals surface area contributed by atoms with Gasteiger partial charge < -0.3 is 4.74 Å². The number of rotatable bonds is 5. The second-order valence-corrected chi connectivity index (χ2v) is 6.75. The fourth-order valence-corrected chi connectivity index (χ4v) is 3.88. The van der Waals surface area contributed by atoms with Gasteiger partial charge in [0.2, 0.25) is 0 Å². The van der Waals surface area contributed by atoms with Crippen molar-refractivity contribution in [3.63, 3.8) is 0 Å². The predicted molar refractivity (Wildman–Crippen MR) is 86.2 cm³/mol. The molecule has 0 bridgehead atoms. The number of hydrogen-bond donors (Lipinski definition) is 2. The van der Waals surface area contributed by atoms with E-state index in [0.29, 0.717) is 0 Å². The first kappa shape index (κ1) is 14.1. The van der Waals surface area contributed by atoms with Gasteiger partial charge in [0.1, 0.15) is 5.75 Å². The molecule has 3 nitrogen and oxygen atoms in total. The molecule has 106 valence electrons. The van der Waals surface area contributed by atoms with Gasteiger partial charge in [0.25, 0.3) is 0 Å². The molecule has 2 aromatic rings. The number of fused-ring (bicyclic) bond motifs is 1. The van der Waals surface area contributed by atoms with Crippen molar-refractivity contribution in [1.82, 2.24) is 5.43 Å². The molecule has 3 rings (SSSR count). The Labute approximate surface area is 131 Å². The van der Waals surface area contributed by atoms with Crippen LogP contribution in [0.1, 0.15) is 16.7 Å². The quantitative estimate of drug-likeness (QED) is 0.642. The van der Waals surface area contributed by atoms with Crippen LogP contribution in [0.2, 0.25) is 0 Å². The van der Waals surface area contributed by atoms with E-state index in [2.05, 4.69) is 50.3 Å². The van der Waals surface area contributed by atoms with Crippen LogP contribution >= 0.6 is 27.3 Å². The number of ether oxygens (including phenoxy) is 1. The Balaban J connectivity index is 1.79. The highest BCUT2D eigenvalue weighted by molar-refractivity contribution is 9.10. The van der Waals surface area contributed by atoms with Crippen molar-refractivity contribution in [3.8, 4) is 5.75 Å². The molecule has 0 spiro atoms. The maximum atomic E-state index is 5.78. The second kappa shape index (κ2) is 6.26. The van der Waals surface area contributed by atoms with E-state index in [0.717, 1.165) is 36.1 Å². The molecule has 1 aliphatic rings. The van der Waals surface area contributed by atoms with E-state index in [9.17, 15) is 0 Å².